The molecule has 0 saturated heterocycles. The fourth-order valence-corrected chi connectivity index (χ4v) is 2.83. The number of carbonyl (C=O) groups is 3. The summed E-state index contributed by atoms with van der Waals surface area (Å²) in [6, 6.07) is 0. The molecule has 1 aliphatic rings. The zero-order valence-electron chi connectivity index (χ0n) is 12.5. The fourth-order valence-electron chi connectivity index (χ4n) is 2.83. The van der Waals surface area contributed by atoms with Crippen LogP contribution in [0.1, 0.15) is 65.9 Å². The van der Waals surface area contributed by atoms with Crippen LogP contribution in [-0.4, -0.2) is 29.1 Å². The van der Waals surface area contributed by atoms with Crippen molar-refractivity contribution in [2.45, 2.75) is 46.0 Å². The molecule has 0 aliphatic heterocycles. The van der Waals surface area contributed by atoms with E-state index < -0.39 is 5.97 Å². The summed E-state index contributed by atoms with van der Waals surface area (Å²) in [5.41, 5.74) is 1.61. The molecule has 0 bridgehead atoms. The molecule has 5 nitrogen and oxygen atoms in total. The van der Waals surface area contributed by atoms with Crippen molar-refractivity contribution in [2.24, 2.45) is 5.92 Å². The minimum atomic E-state index is -0.462. The Morgan fingerprint density at radius 3 is 2.86 bits per heavy atom. The number of aromatic nitrogens is 1. The number of esters is 1. The molecule has 0 radical (unpaired) electrons. The molecule has 21 heavy (non-hydrogen) atoms. The molecular weight excluding hydrogens is 270 g/mol. The second-order valence-electron chi connectivity index (χ2n) is 5.47. The number of ketones is 2. The highest BCUT2D eigenvalue weighted by molar-refractivity contribution is 6.08. The predicted octanol–water partition coefficient (Wildman–Crippen LogP) is 2.70. The maximum absolute atomic E-state index is 12.7. The van der Waals surface area contributed by atoms with E-state index in [1.54, 1.807) is 13.1 Å². The maximum Gasteiger partial charge on any atom is 0.340 e. The Labute approximate surface area is 124 Å². The number of fused-ring (bicyclic) bond motifs is 1. The van der Waals surface area contributed by atoms with Crippen LogP contribution in [0, 0.1) is 5.92 Å². The zero-order chi connectivity index (χ0) is 15.4. The molecule has 0 fully saturated rings. The summed E-state index contributed by atoms with van der Waals surface area (Å²) in [4.78, 5) is 38.8. The predicted molar refractivity (Wildman–Crippen MR) is 77.4 cm³/mol. The van der Waals surface area contributed by atoms with Gasteiger partial charge in [-0.3, -0.25) is 4.79 Å². The molecule has 0 spiro atoms. The summed E-state index contributed by atoms with van der Waals surface area (Å²) >= 11 is 0. The summed E-state index contributed by atoms with van der Waals surface area (Å²) in [7, 11) is 0. The molecule has 0 saturated carbocycles. The monoisotopic (exact) mass is 291 g/mol. The topological polar surface area (TPSA) is 76.2 Å². The van der Waals surface area contributed by atoms with Crippen LogP contribution >= 0.6 is 0 Å². The second kappa shape index (κ2) is 6.70. The smallest absolute Gasteiger partial charge is 0.340 e. The van der Waals surface area contributed by atoms with Gasteiger partial charge in [0.15, 0.2) is 5.78 Å². The third-order valence-corrected chi connectivity index (χ3v) is 3.90. The fraction of sp³-hybridized carbons (Fsp3) is 0.562. The molecule has 1 unspecified atom stereocenters. The van der Waals surface area contributed by atoms with Crippen molar-refractivity contribution in [2.75, 3.05) is 6.61 Å². The van der Waals surface area contributed by atoms with Crippen molar-refractivity contribution >= 4 is 17.5 Å². The molecule has 5 heteroatoms. The highest BCUT2D eigenvalue weighted by Crippen LogP contribution is 2.29. The first-order valence-corrected chi connectivity index (χ1v) is 7.45. The summed E-state index contributed by atoms with van der Waals surface area (Å²) in [6.45, 7) is 3.55. The van der Waals surface area contributed by atoms with Gasteiger partial charge in [0, 0.05) is 24.2 Å². The largest absolute Gasteiger partial charge is 0.462 e. The Morgan fingerprint density at radius 1 is 1.43 bits per heavy atom. The van der Waals surface area contributed by atoms with Crippen molar-refractivity contribution in [1.82, 2.24) is 4.98 Å². The lowest BCUT2D eigenvalue weighted by atomic mass is 9.90. The number of carbonyl (C=O) groups excluding carboxylic acids is 3. The Kier molecular flexibility index (Phi) is 4.94. The lowest BCUT2D eigenvalue weighted by molar-refractivity contribution is -0.117. The highest BCUT2D eigenvalue weighted by Gasteiger charge is 2.31. The van der Waals surface area contributed by atoms with Gasteiger partial charge >= 0.3 is 5.97 Å². The van der Waals surface area contributed by atoms with Crippen molar-refractivity contribution in [3.05, 3.63) is 23.0 Å². The van der Waals surface area contributed by atoms with E-state index in [0.29, 0.717) is 24.0 Å². The Bertz CT molecular complexity index is 559. The van der Waals surface area contributed by atoms with Crippen molar-refractivity contribution in [3.63, 3.8) is 0 Å². The maximum atomic E-state index is 12.7. The van der Waals surface area contributed by atoms with Crippen LogP contribution in [0.3, 0.4) is 0 Å². The zero-order valence-corrected chi connectivity index (χ0v) is 12.5. The molecule has 1 aliphatic carbocycles. The van der Waals surface area contributed by atoms with Gasteiger partial charge in [0.25, 0.3) is 0 Å². The van der Waals surface area contributed by atoms with E-state index >= 15 is 0 Å². The molecule has 1 atom stereocenters. The molecule has 1 heterocycles. The first-order valence-electron chi connectivity index (χ1n) is 7.45. The van der Waals surface area contributed by atoms with Gasteiger partial charge in [-0.2, -0.15) is 0 Å². The Hall–Kier alpha value is -1.91. The van der Waals surface area contributed by atoms with Crippen molar-refractivity contribution in [3.8, 4) is 0 Å². The van der Waals surface area contributed by atoms with E-state index in [9.17, 15) is 14.4 Å². The molecule has 1 aromatic rings. The van der Waals surface area contributed by atoms with Crippen LogP contribution in [0.2, 0.25) is 0 Å². The normalized spacial score (nSPS) is 18.0. The van der Waals surface area contributed by atoms with E-state index in [0.717, 1.165) is 25.0 Å². The third kappa shape index (κ3) is 3.40. The van der Waals surface area contributed by atoms with E-state index in [1.165, 1.54) is 6.92 Å². The Balaban J connectivity index is 2.27. The van der Waals surface area contributed by atoms with Gasteiger partial charge in [0.2, 0.25) is 0 Å². The average Bonchev–Trinajstić information content (AvgIpc) is 2.79. The number of hydrogen-bond acceptors (Lipinski definition) is 4. The number of ether oxygens (including phenoxy) is 1. The van der Waals surface area contributed by atoms with Crippen molar-refractivity contribution in [1.29, 1.82) is 0 Å². The molecular formula is C16H21NO4. The number of hydrogen-bond donors (Lipinski definition) is 1. The lowest BCUT2D eigenvalue weighted by Gasteiger charge is -2.12. The molecule has 1 N–H and O–H groups in total. The van der Waals surface area contributed by atoms with Crippen LogP contribution in [0.25, 0.3) is 0 Å². The number of Topliss-reactive ketones (excluding diaryl/α,β-unsaturated/α-hetero) is 2. The van der Waals surface area contributed by atoms with Crippen LogP contribution < -0.4 is 0 Å². The molecule has 0 amide bonds. The van der Waals surface area contributed by atoms with Gasteiger partial charge in [0.05, 0.1) is 17.7 Å². The lowest BCUT2D eigenvalue weighted by Crippen LogP contribution is -2.18. The van der Waals surface area contributed by atoms with Gasteiger partial charge in [-0.15, -0.1) is 0 Å². The summed E-state index contributed by atoms with van der Waals surface area (Å²) < 4.78 is 5.01. The Morgan fingerprint density at radius 2 is 2.19 bits per heavy atom. The summed E-state index contributed by atoms with van der Waals surface area (Å²) in [5, 5.41) is 0. The van der Waals surface area contributed by atoms with Crippen LogP contribution in [0.5, 0.6) is 0 Å². The van der Waals surface area contributed by atoms with E-state index in [1.807, 2.05) is 0 Å². The summed E-state index contributed by atoms with van der Waals surface area (Å²) in [6.07, 6.45) is 4.91. The second-order valence-corrected chi connectivity index (χ2v) is 5.47. The molecule has 1 aromatic heterocycles. The first kappa shape index (κ1) is 15.5. The van der Waals surface area contributed by atoms with Gasteiger partial charge in [-0.1, -0.05) is 0 Å². The quantitative estimate of drug-likeness (QED) is 0.668. The number of nitrogens with one attached hydrogen (secondary N) is 1. The molecule has 2 rings (SSSR count). The standard InChI is InChI=1S/C16H21NO4/c1-3-21-16(20)12-9-17-13-6-4-5-11(8-7-10(2)18)15(19)14(12)13/h9,11,17H,3-8H2,1-2H3. The number of aryl methyl sites for hydroxylation is 1. The van der Waals surface area contributed by atoms with Crippen LogP contribution in [0.15, 0.2) is 6.20 Å². The highest BCUT2D eigenvalue weighted by atomic mass is 16.5. The van der Waals surface area contributed by atoms with Gasteiger partial charge < -0.3 is 14.5 Å². The van der Waals surface area contributed by atoms with Gasteiger partial charge in [0.1, 0.15) is 5.78 Å². The number of aromatic amines is 1. The number of H-pyrrole nitrogens is 1. The van der Waals surface area contributed by atoms with Gasteiger partial charge in [-0.25, -0.2) is 4.79 Å². The minimum absolute atomic E-state index is 0.0342. The SMILES string of the molecule is CCOC(=O)c1c[nH]c2c1C(=O)C(CCC(C)=O)CCC2. The third-order valence-electron chi connectivity index (χ3n) is 3.90. The van der Waals surface area contributed by atoms with Gasteiger partial charge in [-0.05, 0) is 39.5 Å². The van der Waals surface area contributed by atoms with Crippen LogP contribution in [-0.2, 0) is 16.0 Å². The average molecular weight is 291 g/mol. The van der Waals surface area contributed by atoms with E-state index in [-0.39, 0.29) is 24.1 Å². The first-order chi connectivity index (χ1) is 10.0. The minimum Gasteiger partial charge on any atom is -0.462 e. The molecule has 0 aromatic carbocycles. The van der Waals surface area contributed by atoms with Crippen molar-refractivity contribution < 1.29 is 19.1 Å². The summed E-state index contributed by atoms with van der Waals surface area (Å²) in [5.74, 6) is -0.588. The number of rotatable bonds is 5. The van der Waals surface area contributed by atoms with E-state index in [2.05, 4.69) is 4.98 Å². The molecule has 114 valence electrons. The van der Waals surface area contributed by atoms with E-state index in [4.69, 9.17) is 4.74 Å². The van der Waals surface area contributed by atoms with Crippen LogP contribution in [0.4, 0.5) is 0 Å².